The topological polar surface area (TPSA) is 8.17 Å². The lowest BCUT2D eigenvalue weighted by atomic mass is 9.92. The Morgan fingerprint density at radius 1 is 0.281 bits per heavy atom. The molecule has 12 aromatic rings. The minimum atomic E-state index is 1.08. The average Bonchev–Trinajstić information content (AvgIpc) is 3.69. The van der Waals surface area contributed by atoms with E-state index in [9.17, 15) is 0 Å². The standard InChI is InChI=1S/C62H42N2/c1-3-17-45(18-4-1)54-24-11-13-27-58(54)63(52-36-32-44(33-37-52)51-31-30-43-16-7-8-21-48(43)40-51)53-38-34-47(35-39-53)62-55(46-19-5-2-6-20-46)26-15-29-60(62)64-59-28-14-12-25-56(59)57-41-49-22-9-10-23-50(49)42-61(57)64/h1-42H. The van der Waals surface area contributed by atoms with E-state index in [-0.39, 0.29) is 0 Å². The van der Waals surface area contributed by atoms with Crippen LogP contribution in [0, 0.1) is 0 Å². The third-order valence-electron chi connectivity index (χ3n) is 12.8. The highest BCUT2D eigenvalue weighted by atomic mass is 15.1. The lowest BCUT2D eigenvalue weighted by Crippen LogP contribution is -2.11. The highest BCUT2D eigenvalue weighted by Crippen LogP contribution is 2.45. The van der Waals surface area contributed by atoms with Crippen LogP contribution in [0.2, 0.25) is 0 Å². The van der Waals surface area contributed by atoms with Gasteiger partial charge in [0.2, 0.25) is 0 Å². The first-order chi connectivity index (χ1) is 31.7. The molecule has 0 aliphatic carbocycles. The molecule has 0 saturated carbocycles. The third-order valence-corrected chi connectivity index (χ3v) is 12.8. The number of anilines is 3. The second-order valence-electron chi connectivity index (χ2n) is 16.5. The smallest absolute Gasteiger partial charge is 0.0547 e. The molecule has 64 heavy (non-hydrogen) atoms. The number of nitrogens with zero attached hydrogens (tertiary/aromatic N) is 2. The summed E-state index contributed by atoms with van der Waals surface area (Å²) in [6.07, 6.45) is 0. The van der Waals surface area contributed by atoms with Crippen LogP contribution in [0.1, 0.15) is 0 Å². The Hall–Kier alpha value is -8.46. The van der Waals surface area contributed by atoms with Gasteiger partial charge in [-0.25, -0.2) is 0 Å². The Kier molecular flexibility index (Phi) is 9.20. The summed E-state index contributed by atoms with van der Waals surface area (Å²) in [4.78, 5) is 2.40. The molecule has 0 fully saturated rings. The van der Waals surface area contributed by atoms with E-state index >= 15 is 0 Å². The minimum Gasteiger partial charge on any atom is -0.310 e. The van der Waals surface area contributed by atoms with Crippen LogP contribution >= 0.6 is 0 Å². The Morgan fingerprint density at radius 2 is 0.812 bits per heavy atom. The van der Waals surface area contributed by atoms with Crippen LogP contribution in [0.4, 0.5) is 17.1 Å². The fourth-order valence-corrected chi connectivity index (χ4v) is 9.71. The van der Waals surface area contributed by atoms with Crippen LogP contribution in [-0.2, 0) is 0 Å². The predicted molar refractivity (Wildman–Crippen MR) is 272 cm³/mol. The Labute approximate surface area is 373 Å². The summed E-state index contributed by atoms with van der Waals surface area (Å²) in [5.74, 6) is 0. The summed E-state index contributed by atoms with van der Waals surface area (Å²) in [6.45, 7) is 0. The molecule has 0 aliphatic heterocycles. The molecule has 300 valence electrons. The van der Waals surface area contributed by atoms with Gasteiger partial charge in [0.1, 0.15) is 0 Å². The average molecular weight is 815 g/mol. The van der Waals surface area contributed by atoms with Gasteiger partial charge in [-0.15, -0.1) is 0 Å². The van der Waals surface area contributed by atoms with Gasteiger partial charge >= 0.3 is 0 Å². The summed E-state index contributed by atoms with van der Waals surface area (Å²) in [7, 11) is 0. The number of benzene rings is 11. The Bertz CT molecular complexity index is 3640. The normalized spacial score (nSPS) is 11.4. The predicted octanol–water partition coefficient (Wildman–Crippen LogP) is 17.2. The van der Waals surface area contributed by atoms with Crippen LogP contribution in [0.3, 0.4) is 0 Å². The monoisotopic (exact) mass is 814 g/mol. The van der Waals surface area contributed by atoms with Crippen molar-refractivity contribution >= 4 is 60.4 Å². The van der Waals surface area contributed by atoms with Crippen molar-refractivity contribution in [3.63, 3.8) is 0 Å². The fraction of sp³-hybridized carbons (Fsp3) is 0. The second-order valence-corrected chi connectivity index (χ2v) is 16.5. The van der Waals surface area contributed by atoms with Gasteiger partial charge in [-0.1, -0.05) is 194 Å². The van der Waals surface area contributed by atoms with Crippen LogP contribution in [0.15, 0.2) is 255 Å². The van der Waals surface area contributed by atoms with Gasteiger partial charge in [0.25, 0.3) is 0 Å². The molecule has 0 unspecified atom stereocenters. The van der Waals surface area contributed by atoms with E-state index in [1.165, 1.54) is 82.3 Å². The molecule has 0 N–H and O–H groups in total. The maximum Gasteiger partial charge on any atom is 0.0547 e. The van der Waals surface area contributed by atoms with E-state index < -0.39 is 0 Å². The van der Waals surface area contributed by atoms with Crippen molar-refractivity contribution in [2.45, 2.75) is 0 Å². The van der Waals surface area contributed by atoms with Gasteiger partial charge in [-0.3, -0.25) is 0 Å². The molecule has 0 bridgehead atoms. The van der Waals surface area contributed by atoms with Gasteiger partial charge in [-0.2, -0.15) is 0 Å². The van der Waals surface area contributed by atoms with E-state index in [1.54, 1.807) is 0 Å². The maximum atomic E-state index is 2.48. The van der Waals surface area contributed by atoms with E-state index in [1.807, 2.05) is 0 Å². The van der Waals surface area contributed by atoms with Crippen molar-refractivity contribution < 1.29 is 0 Å². The van der Waals surface area contributed by atoms with E-state index in [0.29, 0.717) is 0 Å². The van der Waals surface area contributed by atoms with Crippen molar-refractivity contribution in [3.05, 3.63) is 255 Å². The number of rotatable bonds is 8. The first kappa shape index (κ1) is 37.3. The zero-order chi connectivity index (χ0) is 42.4. The first-order valence-corrected chi connectivity index (χ1v) is 22.0. The molecule has 0 amide bonds. The molecule has 2 heteroatoms. The minimum absolute atomic E-state index is 1.08. The largest absolute Gasteiger partial charge is 0.310 e. The molecule has 2 nitrogen and oxygen atoms in total. The molecule has 0 aliphatic rings. The molecule has 12 rings (SSSR count). The van der Waals surface area contributed by atoms with Gasteiger partial charge in [0.05, 0.1) is 22.4 Å². The second kappa shape index (κ2) is 15.8. The van der Waals surface area contributed by atoms with E-state index in [0.717, 1.165) is 28.3 Å². The Balaban J connectivity index is 1.04. The summed E-state index contributed by atoms with van der Waals surface area (Å²) < 4.78 is 2.48. The summed E-state index contributed by atoms with van der Waals surface area (Å²) in [5, 5.41) is 7.45. The van der Waals surface area contributed by atoms with Gasteiger partial charge in [0.15, 0.2) is 0 Å². The van der Waals surface area contributed by atoms with Gasteiger partial charge < -0.3 is 9.47 Å². The van der Waals surface area contributed by atoms with E-state index in [2.05, 4.69) is 264 Å². The lowest BCUT2D eigenvalue weighted by Gasteiger charge is -2.28. The van der Waals surface area contributed by atoms with Crippen LogP contribution in [0.5, 0.6) is 0 Å². The highest BCUT2D eigenvalue weighted by molar-refractivity contribution is 6.14. The number of aromatic nitrogens is 1. The van der Waals surface area contributed by atoms with Crippen LogP contribution in [0.25, 0.3) is 93.5 Å². The number of para-hydroxylation sites is 2. The van der Waals surface area contributed by atoms with Crippen molar-refractivity contribution in [1.29, 1.82) is 0 Å². The number of fused-ring (bicyclic) bond motifs is 5. The van der Waals surface area contributed by atoms with Gasteiger partial charge in [0, 0.05) is 33.3 Å². The molecule has 0 saturated heterocycles. The highest BCUT2D eigenvalue weighted by Gasteiger charge is 2.22. The van der Waals surface area contributed by atoms with Crippen molar-refractivity contribution in [2.75, 3.05) is 4.90 Å². The first-order valence-electron chi connectivity index (χ1n) is 22.0. The van der Waals surface area contributed by atoms with Crippen molar-refractivity contribution in [1.82, 2.24) is 4.57 Å². The quantitative estimate of drug-likeness (QED) is 0.148. The number of hydrogen-bond acceptors (Lipinski definition) is 1. The molecule has 1 heterocycles. The fourth-order valence-electron chi connectivity index (χ4n) is 9.71. The summed E-state index contributed by atoms with van der Waals surface area (Å²) in [6, 6.07) is 92.8. The third kappa shape index (κ3) is 6.52. The molecule has 11 aromatic carbocycles. The zero-order valence-corrected chi connectivity index (χ0v) is 35.1. The van der Waals surface area contributed by atoms with Crippen LogP contribution in [-0.4, -0.2) is 4.57 Å². The zero-order valence-electron chi connectivity index (χ0n) is 35.1. The molecule has 0 radical (unpaired) electrons. The van der Waals surface area contributed by atoms with Crippen molar-refractivity contribution in [2.24, 2.45) is 0 Å². The number of hydrogen-bond donors (Lipinski definition) is 0. The maximum absolute atomic E-state index is 2.48. The molecule has 0 atom stereocenters. The van der Waals surface area contributed by atoms with Crippen LogP contribution < -0.4 is 4.90 Å². The molecular weight excluding hydrogens is 773 g/mol. The lowest BCUT2D eigenvalue weighted by molar-refractivity contribution is 1.18. The molecular formula is C62H42N2. The van der Waals surface area contributed by atoms with Gasteiger partial charge in [-0.05, 0) is 116 Å². The molecule has 0 spiro atoms. The summed E-state index contributed by atoms with van der Waals surface area (Å²) in [5.41, 5.74) is 16.2. The van der Waals surface area contributed by atoms with Crippen molar-refractivity contribution in [3.8, 4) is 50.2 Å². The van der Waals surface area contributed by atoms with E-state index in [4.69, 9.17) is 0 Å². The Morgan fingerprint density at radius 3 is 1.53 bits per heavy atom. The summed E-state index contributed by atoms with van der Waals surface area (Å²) >= 11 is 0. The SMILES string of the molecule is c1ccc(-c2ccccc2N(c2ccc(-c3ccc4ccccc4c3)cc2)c2ccc(-c3c(-c4ccccc4)cccc3-n3c4ccccc4c4cc5ccccc5cc43)cc2)cc1. The molecule has 1 aromatic heterocycles.